The maximum atomic E-state index is 12.2. The Bertz CT molecular complexity index is 516. The number of carbonyl (C=O) groups is 2. The minimum absolute atomic E-state index is 0.0190. The summed E-state index contributed by atoms with van der Waals surface area (Å²) >= 11 is 4.95. The number of rotatable bonds is 5. The summed E-state index contributed by atoms with van der Waals surface area (Å²) in [4.78, 5) is 28.6. The third kappa shape index (κ3) is 5.30. The van der Waals surface area contributed by atoms with Crippen LogP contribution in [0.3, 0.4) is 0 Å². The van der Waals surface area contributed by atoms with E-state index >= 15 is 0 Å². The van der Waals surface area contributed by atoms with Gasteiger partial charge in [-0.2, -0.15) is 0 Å². The molecular formula is C15H20BrN3O2S. The zero-order valence-corrected chi connectivity index (χ0v) is 15.0. The molecule has 1 fully saturated rings. The van der Waals surface area contributed by atoms with Gasteiger partial charge in [0.1, 0.15) is 0 Å². The number of piperazine rings is 1. The molecule has 0 bridgehead atoms. The van der Waals surface area contributed by atoms with Gasteiger partial charge in [0.2, 0.25) is 11.8 Å². The normalized spacial score (nSPS) is 15.6. The van der Waals surface area contributed by atoms with E-state index in [9.17, 15) is 9.59 Å². The third-order valence-electron chi connectivity index (χ3n) is 3.55. The molecular weight excluding hydrogens is 366 g/mol. The Balaban J connectivity index is 1.73. The Morgan fingerprint density at radius 1 is 1.18 bits per heavy atom. The molecule has 1 N–H and O–H groups in total. The molecule has 0 unspecified atom stereocenters. The lowest BCUT2D eigenvalue weighted by Crippen LogP contribution is -2.51. The van der Waals surface area contributed by atoms with Gasteiger partial charge in [-0.3, -0.25) is 14.5 Å². The van der Waals surface area contributed by atoms with E-state index < -0.39 is 0 Å². The zero-order valence-electron chi connectivity index (χ0n) is 12.5. The van der Waals surface area contributed by atoms with Crippen LogP contribution in [0.4, 0.5) is 0 Å². The molecule has 0 spiro atoms. The summed E-state index contributed by atoms with van der Waals surface area (Å²) in [5.41, 5.74) is 0. The predicted octanol–water partition coefficient (Wildman–Crippen LogP) is 1.43. The van der Waals surface area contributed by atoms with Gasteiger partial charge in [-0.1, -0.05) is 15.9 Å². The Morgan fingerprint density at radius 2 is 1.82 bits per heavy atom. The van der Waals surface area contributed by atoms with Gasteiger partial charge >= 0.3 is 0 Å². The minimum atomic E-state index is 0.0190. The lowest BCUT2D eigenvalue weighted by atomic mass is 10.3. The number of amides is 2. The van der Waals surface area contributed by atoms with Gasteiger partial charge in [-0.15, -0.1) is 11.8 Å². The van der Waals surface area contributed by atoms with Crippen molar-refractivity contribution in [2.24, 2.45) is 0 Å². The van der Waals surface area contributed by atoms with Crippen molar-refractivity contribution in [3.8, 4) is 0 Å². The van der Waals surface area contributed by atoms with Crippen molar-refractivity contribution < 1.29 is 9.59 Å². The Morgan fingerprint density at radius 3 is 2.41 bits per heavy atom. The Hall–Kier alpha value is -1.05. The second-order valence-corrected chi connectivity index (χ2v) is 7.04. The second-order valence-electron chi connectivity index (χ2n) is 5.07. The standard InChI is InChI=1S/C15H20BrN3O2S/c1-17-14(20)10-18-6-8-19(9-7-18)15(21)11-22-13-4-2-12(16)3-5-13/h2-5H,6-11H2,1H3,(H,17,20). The average molecular weight is 386 g/mol. The van der Waals surface area contributed by atoms with Gasteiger partial charge in [0, 0.05) is 42.6 Å². The molecule has 0 saturated carbocycles. The number of halogens is 1. The van der Waals surface area contributed by atoms with Crippen LogP contribution in [0.2, 0.25) is 0 Å². The lowest BCUT2D eigenvalue weighted by Gasteiger charge is -2.34. The zero-order chi connectivity index (χ0) is 15.9. The van der Waals surface area contributed by atoms with E-state index in [1.165, 1.54) is 0 Å². The Kier molecular flexibility index (Phi) is 6.72. The van der Waals surface area contributed by atoms with Crippen LogP contribution in [0.5, 0.6) is 0 Å². The fourth-order valence-corrected chi connectivity index (χ4v) is 3.27. The highest BCUT2D eigenvalue weighted by atomic mass is 79.9. The first-order valence-corrected chi connectivity index (χ1v) is 8.95. The number of carbonyl (C=O) groups excluding carboxylic acids is 2. The molecule has 1 saturated heterocycles. The van der Waals surface area contributed by atoms with E-state index in [0.717, 1.165) is 22.5 Å². The number of hydrogen-bond donors (Lipinski definition) is 1. The second kappa shape index (κ2) is 8.55. The summed E-state index contributed by atoms with van der Waals surface area (Å²) in [5.74, 6) is 0.634. The number of likely N-dealkylation sites (N-methyl/N-ethyl adjacent to an activating group) is 1. The van der Waals surface area contributed by atoms with E-state index in [0.29, 0.717) is 25.4 Å². The fraction of sp³-hybridized carbons (Fsp3) is 0.467. The van der Waals surface area contributed by atoms with Crippen LogP contribution in [0.15, 0.2) is 33.6 Å². The van der Waals surface area contributed by atoms with Crippen molar-refractivity contribution in [2.45, 2.75) is 4.90 Å². The van der Waals surface area contributed by atoms with E-state index in [-0.39, 0.29) is 11.8 Å². The van der Waals surface area contributed by atoms with E-state index in [2.05, 4.69) is 26.1 Å². The molecule has 0 aromatic heterocycles. The van der Waals surface area contributed by atoms with E-state index in [1.54, 1.807) is 18.8 Å². The third-order valence-corrected chi connectivity index (χ3v) is 5.07. The summed E-state index contributed by atoms with van der Waals surface area (Å²) < 4.78 is 1.04. The highest BCUT2D eigenvalue weighted by molar-refractivity contribution is 9.10. The maximum absolute atomic E-state index is 12.2. The number of nitrogens with one attached hydrogen (secondary N) is 1. The molecule has 0 aliphatic carbocycles. The van der Waals surface area contributed by atoms with E-state index in [4.69, 9.17) is 0 Å². The monoisotopic (exact) mass is 385 g/mol. The summed E-state index contributed by atoms with van der Waals surface area (Å²) in [6.45, 7) is 3.30. The van der Waals surface area contributed by atoms with Crippen LogP contribution in [-0.2, 0) is 9.59 Å². The topological polar surface area (TPSA) is 52.7 Å². The fourth-order valence-electron chi connectivity index (χ4n) is 2.20. The average Bonchev–Trinajstić information content (AvgIpc) is 2.54. The molecule has 120 valence electrons. The van der Waals surface area contributed by atoms with Crippen LogP contribution in [0, 0.1) is 0 Å². The number of hydrogen-bond acceptors (Lipinski definition) is 4. The summed E-state index contributed by atoms with van der Waals surface area (Å²) in [6, 6.07) is 7.96. The number of nitrogens with zero attached hydrogens (tertiary/aromatic N) is 2. The van der Waals surface area contributed by atoms with Crippen LogP contribution in [-0.4, -0.2) is 67.1 Å². The highest BCUT2D eigenvalue weighted by Gasteiger charge is 2.21. The van der Waals surface area contributed by atoms with Crippen LogP contribution >= 0.6 is 27.7 Å². The van der Waals surface area contributed by atoms with Crippen LogP contribution in [0.1, 0.15) is 0 Å². The molecule has 5 nitrogen and oxygen atoms in total. The van der Waals surface area contributed by atoms with Gasteiger partial charge in [-0.25, -0.2) is 0 Å². The van der Waals surface area contributed by atoms with Crippen molar-refractivity contribution in [1.29, 1.82) is 0 Å². The molecule has 1 heterocycles. The minimum Gasteiger partial charge on any atom is -0.358 e. The van der Waals surface area contributed by atoms with Crippen molar-refractivity contribution in [3.05, 3.63) is 28.7 Å². The summed E-state index contributed by atoms with van der Waals surface area (Å²) in [5, 5.41) is 2.62. The number of benzene rings is 1. The molecule has 2 amide bonds. The molecule has 22 heavy (non-hydrogen) atoms. The van der Waals surface area contributed by atoms with Gasteiger partial charge in [0.25, 0.3) is 0 Å². The smallest absolute Gasteiger partial charge is 0.233 e. The quantitative estimate of drug-likeness (QED) is 0.779. The molecule has 1 aromatic rings. The SMILES string of the molecule is CNC(=O)CN1CCN(C(=O)CSc2ccc(Br)cc2)CC1. The first-order chi connectivity index (χ1) is 10.6. The molecule has 0 radical (unpaired) electrons. The maximum Gasteiger partial charge on any atom is 0.233 e. The molecule has 2 rings (SSSR count). The Labute approximate surface area is 143 Å². The first kappa shape index (κ1) is 17.3. The lowest BCUT2D eigenvalue weighted by molar-refractivity contribution is -0.130. The van der Waals surface area contributed by atoms with Gasteiger partial charge < -0.3 is 10.2 Å². The van der Waals surface area contributed by atoms with Crippen molar-refractivity contribution in [2.75, 3.05) is 45.5 Å². The van der Waals surface area contributed by atoms with Gasteiger partial charge in [0.05, 0.1) is 12.3 Å². The number of thioether (sulfide) groups is 1. The molecule has 7 heteroatoms. The van der Waals surface area contributed by atoms with Gasteiger partial charge in [0.15, 0.2) is 0 Å². The predicted molar refractivity (Wildman–Crippen MR) is 92.0 cm³/mol. The first-order valence-electron chi connectivity index (χ1n) is 7.17. The van der Waals surface area contributed by atoms with Crippen molar-refractivity contribution >= 4 is 39.5 Å². The molecule has 1 aromatic carbocycles. The summed E-state index contributed by atoms with van der Waals surface area (Å²) in [7, 11) is 1.64. The van der Waals surface area contributed by atoms with Crippen molar-refractivity contribution in [3.63, 3.8) is 0 Å². The van der Waals surface area contributed by atoms with Crippen molar-refractivity contribution in [1.82, 2.24) is 15.1 Å². The summed E-state index contributed by atoms with van der Waals surface area (Å²) in [6.07, 6.45) is 0. The highest BCUT2D eigenvalue weighted by Crippen LogP contribution is 2.21. The van der Waals surface area contributed by atoms with E-state index in [1.807, 2.05) is 29.2 Å². The van der Waals surface area contributed by atoms with Crippen LogP contribution in [0.25, 0.3) is 0 Å². The molecule has 1 aliphatic heterocycles. The largest absolute Gasteiger partial charge is 0.358 e. The molecule has 1 aliphatic rings. The van der Waals surface area contributed by atoms with Gasteiger partial charge in [-0.05, 0) is 24.3 Å². The van der Waals surface area contributed by atoms with Crippen LogP contribution < -0.4 is 5.32 Å². The molecule has 0 atom stereocenters.